The Morgan fingerprint density at radius 3 is 2.73 bits per heavy atom. The molecule has 0 saturated carbocycles. The van der Waals surface area contributed by atoms with Crippen molar-refractivity contribution in [3.8, 4) is 5.88 Å². The van der Waals surface area contributed by atoms with Gasteiger partial charge in [-0.15, -0.1) is 0 Å². The number of hydrogen-bond acceptors (Lipinski definition) is 4. The molecule has 0 fully saturated rings. The lowest BCUT2D eigenvalue weighted by Crippen LogP contribution is -2.00. The minimum Gasteiger partial charge on any atom is -0.478 e. The van der Waals surface area contributed by atoms with Crippen LogP contribution >= 0.6 is 11.8 Å². The summed E-state index contributed by atoms with van der Waals surface area (Å²) in [7, 11) is 0. The molecule has 0 atom stereocenters. The molecule has 0 saturated heterocycles. The van der Waals surface area contributed by atoms with Crippen LogP contribution in [0.15, 0.2) is 11.2 Å². The van der Waals surface area contributed by atoms with Gasteiger partial charge in [0.2, 0.25) is 5.88 Å². The van der Waals surface area contributed by atoms with Crippen LogP contribution in [-0.2, 0) is 0 Å². The van der Waals surface area contributed by atoms with E-state index < -0.39 is 0 Å². The molecule has 4 heteroatoms. The van der Waals surface area contributed by atoms with E-state index in [1.807, 2.05) is 13.0 Å². The standard InChI is InChI=1S/C11H18N2OS/c1-4-6-14-10-8-9(3)12-11(13-10)15-7-5-2/h8H,4-7H2,1-3H3. The third-order valence-electron chi connectivity index (χ3n) is 1.70. The van der Waals surface area contributed by atoms with Gasteiger partial charge in [0.15, 0.2) is 5.16 Å². The van der Waals surface area contributed by atoms with Gasteiger partial charge in [-0.3, -0.25) is 0 Å². The molecule has 0 unspecified atom stereocenters. The van der Waals surface area contributed by atoms with E-state index in [4.69, 9.17) is 4.74 Å². The van der Waals surface area contributed by atoms with Crippen molar-refractivity contribution in [2.45, 2.75) is 38.8 Å². The van der Waals surface area contributed by atoms with Crippen LogP contribution in [0.4, 0.5) is 0 Å². The summed E-state index contributed by atoms with van der Waals surface area (Å²) in [6.45, 7) is 6.92. The summed E-state index contributed by atoms with van der Waals surface area (Å²) >= 11 is 1.68. The zero-order chi connectivity index (χ0) is 11.1. The van der Waals surface area contributed by atoms with Gasteiger partial charge in [-0.25, -0.2) is 4.98 Å². The Hall–Kier alpha value is -0.770. The summed E-state index contributed by atoms with van der Waals surface area (Å²) in [6.07, 6.45) is 2.13. The van der Waals surface area contributed by atoms with Gasteiger partial charge >= 0.3 is 0 Å². The number of ether oxygens (including phenoxy) is 1. The molecule has 1 aromatic rings. The lowest BCUT2D eigenvalue weighted by atomic mass is 10.4. The SMILES string of the molecule is CCCOc1cc(C)nc(SCCC)n1. The van der Waals surface area contributed by atoms with Crippen LogP contribution in [0.2, 0.25) is 0 Å². The molecule has 0 bridgehead atoms. The van der Waals surface area contributed by atoms with Crippen LogP contribution < -0.4 is 4.74 Å². The maximum absolute atomic E-state index is 5.49. The van der Waals surface area contributed by atoms with Crippen molar-refractivity contribution in [2.24, 2.45) is 0 Å². The fourth-order valence-corrected chi connectivity index (χ4v) is 1.80. The van der Waals surface area contributed by atoms with E-state index in [-0.39, 0.29) is 0 Å². The molecule has 1 rings (SSSR count). The van der Waals surface area contributed by atoms with Crippen molar-refractivity contribution in [3.05, 3.63) is 11.8 Å². The molecule has 0 N–H and O–H groups in total. The van der Waals surface area contributed by atoms with Crippen LogP contribution in [-0.4, -0.2) is 22.3 Å². The maximum atomic E-state index is 5.49. The number of rotatable bonds is 6. The molecule has 0 radical (unpaired) electrons. The van der Waals surface area contributed by atoms with Gasteiger partial charge in [-0.2, -0.15) is 4.98 Å². The van der Waals surface area contributed by atoms with Gasteiger partial charge in [0.1, 0.15) is 0 Å². The second-order valence-electron chi connectivity index (χ2n) is 3.33. The summed E-state index contributed by atoms with van der Waals surface area (Å²) in [6, 6.07) is 1.88. The third kappa shape index (κ3) is 4.51. The number of aromatic nitrogens is 2. The summed E-state index contributed by atoms with van der Waals surface area (Å²) in [5, 5.41) is 0.822. The number of hydrogen-bond donors (Lipinski definition) is 0. The second-order valence-corrected chi connectivity index (χ2v) is 4.39. The molecule has 1 aromatic heterocycles. The quantitative estimate of drug-likeness (QED) is 0.551. The number of aryl methyl sites for hydroxylation is 1. The van der Waals surface area contributed by atoms with Crippen molar-refractivity contribution in [1.29, 1.82) is 0 Å². The van der Waals surface area contributed by atoms with Gasteiger partial charge in [0.25, 0.3) is 0 Å². The van der Waals surface area contributed by atoms with Gasteiger partial charge in [-0.1, -0.05) is 25.6 Å². The topological polar surface area (TPSA) is 35.0 Å². The average Bonchev–Trinajstić information content (AvgIpc) is 2.23. The predicted octanol–water partition coefficient (Wildman–Crippen LogP) is 3.08. The van der Waals surface area contributed by atoms with E-state index in [1.54, 1.807) is 11.8 Å². The monoisotopic (exact) mass is 226 g/mol. The molecule has 0 amide bonds. The Kier molecular flexibility index (Phi) is 5.47. The van der Waals surface area contributed by atoms with Crippen LogP contribution in [0, 0.1) is 6.92 Å². The molecule has 0 aromatic carbocycles. The molecule has 3 nitrogen and oxygen atoms in total. The van der Waals surface area contributed by atoms with Crippen LogP contribution in [0.5, 0.6) is 5.88 Å². The zero-order valence-electron chi connectivity index (χ0n) is 9.62. The predicted molar refractivity (Wildman–Crippen MR) is 63.6 cm³/mol. The maximum Gasteiger partial charge on any atom is 0.217 e. The van der Waals surface area contributed by atoms with E-state index in [1.165, 1.54) is 0 Å². The van der Waals surface area contributed by atoms with E-state index in [0.29, 0.717) is 12.5 Å². The summed E-state index contributed by atoms with van der Waals surface area (Å²) in [4.78, 5) is 8.69. The van der Waals surface area contributed by atoms with Gasteiger partial charge in [-0.05, 0) is 19.8 Å². The molecule has 1 heterocycles. The largest absolute Gasteiger partial charge is 0.478 e. The minimum atomic E-state index is 0.697. The summed E-state index contributed by atoms with van der Waals surface area (Å²) in [5.41, 5.74) is 0.967. The molecule has 0 aliphatic heterocycles. The molecule has 0 spiro atoms. The van der Waals surface area contributed by atoms with Crippen LogP contribution in [0.3, 0.4) is 0 Å². The van der Waals surface area contributed by atoms with Crippen molar-refractivity contribution < 1.29 is 4.74 Å². The van der Waals surface area contributed by atoms with Crippen molar-refractivity contribution in [2.75, 3.05) is 12.4 Å². The number of nitrogens with zero attached hydrogens (tertiary/aromatic N) is 2. The van der Waals surface area contributed by atoms with Crippen molar-refractivity contribution in [1.82, 2.24) is 9.97 Å². The first kappa shape index (κ1) is 12.3. The molecule has 15 heavy (non-hydrogen) atoms. The highest BCUT2D eigenvalue weighted by atomic mass is 32.2. The van der Waals surface area contributed by atoms with Crippen molar-refractivity contribution in [3.63, 3.8) is 0 Å². The molecular weight excluding hydrogens is 208 g/mol. The zero-order valence-corrected chi connectivity index (χ0v) is 10.4. The highest BCUT2D eigenvalue weighted by Crippen LogP contribution is 2.18. The summed E-state index contributed by atoms with van der Waals surface area (Å²) < 4.78 is 5.49. The highest BCUT2D eigenvalue weighted by molar-refractivity contribution is 7.99. The van der Waals surface area contributed by atoms with Crippen molar-refractivity contribution >= 4 is 11.8 Å². The smallest absolute Gasteiger partial charge is 0.217 e. The summed E-state index contributed by atoms with van der Waals surface area (Å²) in [5.74, 6) is 1.75. The Bertz CT molecular complexity index is 278. The van der Waals surface area contributed by atoms with Crippen LogP contribution in [0.1, 0.15) is 32.4 Å². The third-order valence-corrected chi connectivity index (χ3v) is 2.75. The Labute approximate surface area is 95.7 Å². The first-order valence-corrected chi connectivity index (χ1v) is 6.36. The first-order chi connectivity index (χ1) is 7.26. The van der Waals surface area contributed by atoms with E-state index in [0.717, 1.165) is 29.4 Å². The lowest BCUT2D eigenvalue weighted by molar-refractivity contribution is 0.301. The van der Waals surface area contributed by atoms with E-state index in [2.05, 4.69) is 23.8 Å². The van der Waals surface area contributed by atoms with E-state index >= 15 is 0 Å². The Morgan fingerprint density at radius 2 is 2.07 bits per heavy atom. The Balaban J connectivity index is 2.66. The fraction of sp³-hybridized carbons (Fsp3) is 0.636. The number of thioether (sulfide) groups is 1. The molecule has 0 aliphatic rings. The Morgan fingerprint density at radius 1 is 1.27 bits per heavy atom. The first-order valence-electron chi connectivity index (χ1n) is 5.37. The molecule has 84 valence electrons. The van der Waals surface area contributed by atoms with Gasteiger partial charge < -0.3 is 4.74 Å². The fourth-order valence-electron chi connectivity index (χ4n) is 1.05. The molecule has 0 aliphatic carbocycles. The highest BCUT2D eigenvalue weighted by Gasteiger charge is 2.02. The van der Waals surface area contributed by atoms with E-state index in [9.17, 15) is 0 Å². The normalized spacial score (nSPS) is 10.3. The van der Waals surface area contributed by atoms with Gasteiger partial charge in [0, 0.05) is 17.5 Å². The second kappa shape index (κ2) is 6.67. The molecular formula is C11H18N2OS. The average molecular weight is 226 g/mol. The lowest BCUT2D eigenvalue weighted by Gasteiger charge is -2.06. The van der Waals surface area contributed by atoms with Gasteiger partial charge in [0.05, 0.1) is 6.61 Å². The van der Waals surface area contributed by atoms with Crippen LogP contribution in [0.25, 0.3) is 0 Å². The minimum absolute atomic E-state index is 0.697.